The smallest absolute Gasteiger partial charge is 0.220 e. The lowest BCUT2D eigenvalue weighted by molar-refractivity contribution is -0.121. The molecule has 2 N–H and O–H groups in total. The number of guanidine groups is 1. The summed E-state index contributed by atoms with van der Waals surface area (Å²) in [6.45, 7) is 3.83. The summed E-state index contributed by atoms with van der Waals surface area (Å²) in [6, 6.07) is 6.01. The quantitative estimate of drug-likeness (QED) is 0.621. The first-order chi connectivity index (χ1) is 13.2. The zero-order chi connectivity index (χ0) is 19.1. The van der Waals surface area contributed by atoms with Crippen molar-refractivity contribution in [2.75, 3.05) is 40.4 Å². The van der Waals surface area contributed by atoms with Crippen molar-refractivity contribution in [2.24, 2.45) is 10.9 Å². The monoisotopic (exact) mass is 374 g/mol. The fraction of sp³-hybridized carbons (Fsp3) is 0.600. The van der Waals surface area contributed by atoms with Crippen LogP contribution in [-0.4, -0.2) is 57.2 Å². The van der Waals surface area contributed by atoms with Crippen molar-refractivity contribution in [3.63, 3.8) is 0 Å². The maximum atomic E-state index is 11.6. The van der Waals surface area contributed by atoms with Gasteiger partial charge in [-0.1, -0.05) is 12.1 Å². The minimum Gasteiger partial charge on any atom is -0.490 e. The molecular weight excluding hydrogens is 344 g/mol. The number of piperidine rings is 1. The van der Waals surface area contributed by atoms with Gasteiger partial charge in [0.05, 0.1) is 13.2 Å². The molecule has 0 aliphatic carbocycles. The van der Waals surface area contributed by atoms with Gasteiger partial charge in [-0.15, -0.1) is 0 Å². The van der Waals surface area contributed by atoms with E-state index in [1.807, 2.05) is 19.2 Å². The number of para-hydroxylation sites is 1. The summed E-state index contributed by atoms with van der Waals surface area (Å²) in [5, 5.41) is 6.17. The average Bonchev–Trinajstić information content (AvgIpc) is 2.95. The van der Waals surface area contributed by atoms with Gasteiger partial charge in [0.2, 0.25) is 5.91 Å². The van der Waals surface area contributed by atoms with Gasteiger partial charge in [0.25, 0.3) is 0 Å². The molecule has 0 radical (unpaired) electrons. The number of aliphatic imine (C=N–C) groups is 1. The summed E-state index contributed by atoms with van der Waals surface area (Å²) in [5.74, 6) is 3.12. The van der Waals surface area contributed by atoms with E-state index in [1.54, 1.807) is 7.05 Å². The molecule has 0 saturated carbocycles. The molecule has 27 heavy (non-hydrogen) atoms. The fourth-order valence-electron chi connectivity index (χ4n) is 3.61. The molecule has 0 aromatic heterocycles. The molecule has 1 aromatic carbocycles. The molecule has 2 aliphatic heterocycles. The van der Waals surface area contributed by atoms with Gasteiger partial charge >= 0.3 is 0 Å². The Balaban J connectivity index is 1.56. The second-order valence-corrected chi connectivity index (χ2v) is 7.00. The molecule has 1 amide bonds. The molecule has 7 nitrogen and oxygen atoms in total. The molecule has 2 heterocycles. The highest BCUT2D eigenvalue weighted by Crippen LogP contribution is 2.33. The van der Waals surface area contributed by atoms with Gasteiger partial charge in [-0.3, -0.25) is 9.79 Å². The van der Waals surface area contributed by atoms with E-state index >= 15 is 0 Å². The molecule has 0 atom stereocenters. The maximum Gasteiger partial charge on any atom is 0.220 e. The molecule has 1 saturated heterocycles. The van der Waals surface area contributed by atoms with Crippen LogP contribution in [0.5, 0.6) is 11.5 Å². The topological polar surface area (TPSA) is 75.2 Å². The lowest BCUT2D eigenvalue weighted by Gasteiger charge is -2.34. The van der Waals surface area contributed by atoms with Gasteiger partial charge < -0.3 is 25.0 Å². The van der Waals surface area contributed by atoms with Crippen molar-refractivity contribution in [3.8, 4) is 11.5 Å². The first kappa shape index (κ1) is 19.3. The largest absolute Gasteiger partial charge is 0.490 e. The summed E-state index contributed by atoms with van der Waals surface area (Å²) >= 11 is 0. The van der Waals surface area contributed by atoms with Crippen molar-refractivity contribution in [2.45, 2.75) is 32.2 Å². The highest BCUT2D eigenvalue weighted by Gasteiger charge is 2.23. The second-order valence-electron chi connectivity index (χ2n) is 7.00. The van der Waals surface area contributed by atoms with Gasteiger partial charge in [-0.2, -0.15) is 0 Å². The molecule has 1 aromatic rings. The predicted molar refractivity (Wildman–Crippen MR) is 105 cm³/mol. The lowest BCUT2D eigenvalue weighted by Crippen LogP contribution is -2.45. The van der Waals surface area contributed by atoms with Gasteiger partial charge in [-0.25, -0.2) is 0 Å². The Labute approximate surface area is 161 Å². The number of hydrogen-bond donors (Lipinski definition) is 2. The minimum absolute atomic E-state index is 0.128. The normalized spacial score (nSPS) is 18.0. The number of likely N-dealkylation sites (tertiary alicyclic amines) is 1. The number of benzene rings is 1. The fourth-order valence-corrected chi connectivity index (χ4v) is 3.61. The van der Waals surface area contributed by atoms with Crippen LogP contribution in [0.4, 0.5) is 0 Å². The Morgan fingerprint density at radius 1 is 1.26 bits per heavy atom. The van der Waals surface area contributed by atoms with Gasteiger partial charge in [0.15, 0.2) is 17.5 Å². The van der Waals surface area contributed by atoms with Crippen LogP contribution in [0, 0.1) is 5.92 Å². The molecule has 0 spiro atoms. The van der Waals surface area contributed by atoms with Gasteiger partial charge in [0.1, 0.15) is 0 Å². The average molecular weight is 374 g/mol. The number of nitrogens with zero attached hydrogens (tertiary/aromatic N) is 2. The second kappa shape index (κ2) is 9.48. The SMILES string of the molecule is CN=C(NCc1cccc2c1OCCCO2)N1CCC(CC(=O)NC)CC1. The zero-order valence-corrected chi connectivity index (χ0v) is 16.3. The number of fused-ring (bicyclic) bond motifs is 1. The van der Waals surface area contributed by atoms with E-state index in [-0.39, 0.29) is 5.91 Å². The number of hydrogen-bond acceptors (Lipinski definition) is 4. The lowest BCUT2D eigenvalue weighted by atomic mass is 9.93. The van der Waals surface area contributed by atoms with Crippen molar-refractivity contribution in [3.05, 3.63) is 23.8 Å². The number of ether oxygens (including phenoxy) is 2. The van der Waals surface area contributed by atoms with Crippen LogP contribution in [0.15, 0.2) is 23.2 Å². The highest BCUT2D eigenvalue weighted by atomic mass is 16.5. The maximum absolute atomic E-state index is 11.6. The van der Waals surface area contributed by atoms with E-state index in [1.165, 1.54) is 0 Å². The summed E-state index contributed by atoms with van der Waals surface area (Å²) < 4.78 is 11.7. The van der Waals surface area contributed by atoms with E-state index in [4.69, 9.17) is 9.47 Å². The first-order valence-electron chi connectivity index (χ1n) is 9.75. The molecule has 7 heteroatoms. The third-order valence-electron chi connectivity index (χ3n) is 5.17. The van der Waals surface area contributed by atoms with E-state index in [2.05, 4.69) is 26.6 Å². The summed E-state index contributed by atoms with van der Waals surface area (Å²) in [4.78, 5) is 18.3. The van der Waals surface area contributed by atoms with Crippen LogP contribution in [0.1, 0.15) is 31.2 Å². The Hall–Kier alpha value is -2.44. The number of rotatable bonds is 4. The van der Waals surface area contributed by atoms with Crippen molar-refractivity contribution < 1.29 is 14.3 Å². The molecular formula is C20H30N4O3. The van der Waals surface area contributed by atoms with Gasteiger partial charge in [-0.05, 0) is 24.8 Å². The van der Waals surface area contributed by atoms with E-state index in [9.17, 15) is 4.79 Å². The highest BCUT2D eigenvalue weighted by molar-refractivity contribution is 5.80. The molecule has 1 fully saturated rings. The van der Waals surface area contributed by atoms with Gasteiger partial charge in [0, 0.05) is 52.1 Å². The van der Waals surface area contributed by atoms with E-state index in [0.717, 1.165) is 55.4 Å². The zero-order valence-electron chi connectivity index (χ0n) is 16.3. The van der Waals surface area contributed by atoms with Crippen LogP contribution < -0.4 is 20.1 Å². The first-order valence-corrected chi connectivity index (χ1v) is 9.75. The predicted octanol–water partition coefficient (Wildman–Crippen LogP) is 1.77. The Kier molecular flexibility index (Phi) is 6.79. The number of carbonyl (C=O) groups excluding carboxylic acids is 1. The number of amides is 1. The third kappa shape index (κ3) is 5.05. The molecule has 2 aliphatic rings. The third-order valence-corrected chi connectivity index (χ3v) is 5.17. The standard InChI is InChI=1S/C20H30N4O3/c1-21-18(25)13-15-7-9-24(10-8-15)20(22-2)23-14-16-5-3-6-17-19(16)27-12-4-11-26-17/h3,5-6,15H,4,7-14H2,1-2H3,(H,21,25)(H,22,23). The Morgan fingerprint density at radius 3 is 2.78 bits per heavy atom. The summed E-state index contributed by atoms with van der Waals surface area (Å²) in [6.07, 6.45) is 3.52. The number of carbonyl (C=O) groups is 1. The van der Waals surface area contributed by atoms with Crippen LogP contribution in [0.2, 0.25) is 0 Å². The Morgan fingerprint density at radius 2 is 2.04 bits per heavy atom. The Bertz CT molecular complexity index is 669. The van der Waals surface area contributed by atoms with Crippen molar-refractivity contribution in [1.29, 1.82) is 0 Å². The van der Waals surface area contributed by atoms with Crippen LogP contribution in [-0.2, 0) is 11.3 Å². The van der Waals surface area contributed by atoms with E-state index < -0.39 is 0 Å². The molecule has 3 rings (SSSR count). The van der Waals surface area contributed by atoms with Crippen molar-refractivity contribution in [1.82, 2.24) is 15.5 Å². The minimum atomic E-state index is 0.128. The van der Waals surface area contributed by atoms with Crippen LogP contribution in [0.3, 0.4) is 0 Å². The van der Waals surface area contributed by atoms with Crippen LogP contribution in [0.25, 0.3) is 0 Å². The summed E-state index contributed by atoms with van der Waals surface area (Å²) in [7, 11) is 3.51. The van der Waals surface area contributed by atoms with Crippen molar-refractivity contribution >= 4 is 11.9 Å². The molecule has 148 valence electrons. The van der Waals surface area contributed by atoms with E-state index in [0.29, 0.717) is 32.1 Å². The summed E-state index contributed by atoms with van der Waals surface area (Å²) in [5.41, 5.74) is 1.07. The number of nitrogens with one attached hydrogen (secondary N) is 2. The van der Waals surface area contributed by atoms with Crippen LogP contribution >= 0.6 is 0 Å². The molecule has 0 unspecified atom stereocenters. The molecule has 0 bridgehead atoms.